The van der Waals surface area contributed by atoms with E-state index in [1.165, 1.54) is 9.79 Å². The number of nitrogens with zero attached hydrogens (tertiary/aromatic N) is 2. The van der Waals surface area contributed by atoms with Gasteiger partial charge in [-0.05, 0) is 24.3 Å². The molecule has 0 saturated heterocycles. The zero-order valence-electron chi connectivity index (χ0n) is 18.5. The van der Waals surface area contributed by atoms with E-state index in [0.29, 0.717) is 0 Å². The van der Waals surface area contributed by atoms with Crippen molar-refractivity contribution in [3.63, 3.8) is 0 Å². The van der Waals surface area contributed by atoms with E-state index in [1.54, 1.807) is 11.8 Å². The minimum Gasteiger partial charge on any atom is -0.352 e. The Morgan fingerprint density at radius 3 is 1.34 bits per heavy atom. The fraction of sp³-hybridized carbons (Fsp3) is 0. The number of para-hydroxylation sites is 4. The fourth-order valence-electron chi connectivity index (χ4n) is 5.17. The zero-order valence-corrected chi connectivity index (χ0v) is 19.4. The largest absolute Gasteiger partial charge is 0.352 e. The Labute approximate surface area is 204 Å². The molecule has 0 amide bonds. The van der Waals surface area contributed by atoms with E-state index >= 15 is 0 Å². The maximum absolute atomic E-state index is 5.06. The zero-order chi connectivity index (χ0) is 22.9. The van der Waals surface area contributed by atoms with Crippen LogP contribution < -0.4 is 0 Å². The minimum atomic E-state index is 0.999. The molecule has 5 heteroatoms. The van der Waals surface area contributed by atoms with E-state index in [9.17, 15) is 0 Å². The van der Waals surface area contributed by atoms with Crippen LogP contribution in [0.2, 0.25) is 0 Å². The number of aromatic nitrogens is 4. The number of nitrogens with one attached hydrogen (secondary N) is 2. The fourth-order valence-corrected chi connectivity index (χ4v) is 6.43. The van der Waals surface area contributed by atoms with Crippen LogP contribution in [0.4, 0.5) is 0 Å². The molecular formula is C30H18N4S. The summed E-state index contributed by atoms with van der Waals surface area (Å²) >= 11 is 1.79. The molecule has 4 nitrogen and oxygen atoms in total. The van der Waals surface area contributed by atoms with Crippen LogP contribution in [0.25, 0.3) is 65.7 Å². The lowest BCUT2D eigenvalue weighted by Crippen LogP contribution is -1.89. The number of rotatable bonds is 2. The van der Waals surface area contributed by atoms with Crippen molar-refractivity contribution in [1.82, 2.24) is 19.9 Å². The lowest BCUT2D eigenvalue weighted by molar-refractivity contribution is 1.40. The first-order valence-electron chi connectivity index (χ1n) is 11.6. The highest BCUT2D eigenvalue weighted by Gasteiger charge is 2.19. The van der Waals surface area contributed by atoms with Gasteiger partial charge >= 0.3 is 0 Å². The van der Waals surface area contributed by atoms with Crippen molar-refractivity contribution < 1.29 is 0 Å². The highest BCUT2D eigenvalue weighted by molar-refractivity contribution is 8.00. The van der Waals surface area contributed by atoms with Gasteiger partial charge in [0.05, 0.1) is 33.1 Å². The molecule has 0 aliphatic rings. The van der Waals surface area contributed by atoms with Gasteiger partial charge in [-0.15, -0.1) is 0 Å². The summed E-state index contributed by atoms with van der Waals surface area (Å²) in [7, 11) is 0. The summed E-state index contributed by atoms with van der Waals surface area (Å²) in [5.74, 6) is 0. The maximum atomic E-state index is 5.06. The summed E-state index contributed by atoms with van der Waals surface area (Å²) in [4.78, 5) is 19.8. The second kappa shape index (κ2) is 7.08. The number of hydrogen-bond donors (Lipinski definition) is 2. The summed E-state index contributed by atoms with van der Waals surface area (Å²) < 4.78 is 0. The number of aromatic amines is 2. The third-order valence-electron chi connectivity index (χ3n) is 6.78. The van der Waals surface area contributed by atoms with Crippen LogP contribution >= 0.6 is 11.8 Å². The molecule has 8 aromatic rings. The first-order valence-corrected chi connectivity index (χ1v) is 12.4. The molecule has 0 radical (unpaired) electrons. The smallest absolute Gasteiger partial charge is 0.0977 e. The Bertz CT molecular complexity index is 1950. The lowest BCUT2D eigenvalue weighted by atomic mass is 10.1. The monoisotopic (exact) mass is 466 g/mol. The molecule has 0 fully saturated rings. The Hall–Kier alpha value is -4.35. The minimum absolute atomic E-state index is 0.999. The molecule has 0 aliphatic heterocycles. The molecule has 0 unspecified atom stereocenters. The molecule has 4 aromatic carbocycles. The molecule has 164 valence electrons. The van der Waals surface area contributed by atoms with Gasteiger partial charge in [0.25, 0.3) is 0 Å². The second-order valence-electron chi connectivity index (χ2n) is 8.81. The van der Waals surface area contributed by atoms with Gasteiger partial charge in [-0.1, -0.05) is 84.6 Å². The van der Waals surface area contributed by atoms with E-state index < -0.39 is 0 Å². The predicted octanol–water partition coefficient (Wildman–Crippen LogP) is 8.20. The standard InChI is InChI=1S/C30H18N4S/c1-5-13-21-17(9-1)25-27(33-21)29(19-11-3-7-15-23(19)31-25)35-30-20-12-4-8-16-24(20)32-26-18-10-2-6-14-22(18)34-28(26)30/h1-16,33-34H. The van der Waals surface area contributed by atoms with E-state index in [2.05, 4.69) is 107 Å². The molecular weight excluding hydrogens is 448 g/mol. The van der Waals surface area contributed by atoms with Crippen molar-refractivity contribution in [2.45, 2.75) is 9.79 Å². The average molecular weight is 467 g/mol. The molecule has 0 aliphatic carbocycles. The van der Waals surface area contributed by atoms with Crippen LogP contribution in [-0.4, -0.2) is 19.9 Å². The van der Waals surface area contributed by atoms with Crippen LogP contribution in [0, 0.1) is 0 Å². The second-order valence-corrected chi connectivity index (χ2v) is 9.83. The summed E-state index contributed by atoms with van der Waals surface area (Å²) in [6.07, 6.45) is 0. The Balaban J connectivity index is 1.52. The maximum Gasteiger partial charge on any atom is 0.0977 e. The third kappa shape index (κ3) is 2.70. The highest BCUT2D eigenvalue weighted by atomic mass is 32.2. The van der Waals surface area contributed by atoms with Crippen LogP contribution in [0.3, 0.4) is 0 Å². The first-order chi connectivity index (χ1) is 17.3. The first kappa shape index (κ1) is 19.0. The molecule has 4 aromatic heterocycles. The van der Waals surface area contributed by atoms with Gasteiger partial charge in [-0.2, -0.15) is 0 Å². The Morgan fingerprint density at radius 1 is 0.457 bits per heavy atom. The Morgan fingerprint density at radius 2 is 0.857 bits per heavy atom. The summed E-state index contributed by atoms with van der Waals surface area (Å²) in [6, 6.07) is 33.6. The topological polar surface area (TPSA) is 57.4 Å². The van der Waals surface area contributed by atoms with Crippen LogP contribution in [0.15, 0.2) is 107 Å². The highest BCUT2D eigenvalue weighted by Crippen LogP contribution is 2.45. The molecule has 0 atom stereocenters. The summed E-state index contributed by atoms with van der Waals surface area (Å²) in [5.41, 5.74) is 8.35. The third-order valence-corrected chi connectivity index (χ3v) is 8.03. The van der Waals surface area contributed by atoms with Crippen molar-refractivity contribution in [1.29, 1.82) is 0 Å². The summed E-state index contributed by atoms with van der Waals surface area (Å²) in [6.45, 7) is 0. The van der Waals surface area contributed by atoms with Crippen LogP contribution in [-0.2, 0) is 0 Å². The van der Waals surface area contributed by atoms with Gasteiger partial charge in [0.2, 0.25) is 0 Å². The summed E-state index contributed by atoms with van der Waals surface area (Å²) in [5, 5.41) is 4.57. The van der Waals surface area contributed by atoms with Crippen molar-refractivity contribution in [3.8, 4) is 0 Å². The van der Waals surface area contributed by atoms with Gasteiger partial charge in [-0.25, -0.2) is 9.97 Å². The number of benzene rings is 4. The molecule has 0 saturated carbocycles. The number of H-pyrrole nitrogens is 2. The SMILES string of the molecule is c1ccc2c(Sc3c4ccccc4nc4c3[nH]c3ccccc34)c3[nH]c4ccccc4c3nc2c1. The number of fused-ring (bicyclic) bond motifs is 8. The van der Waals surface area contributed by atoms with Gasteiger partial charge in [0.1, 0.15) is 0 Å². The van der Waals surface area contributed by atoms with Crippen LogP contribution in [0.5, 0.6) is 0 Å². The average Bonchev–Trinajstić information content (AvgIpc) is 3.47. The van der Waals surface area contributed by atoms with Gasteiger partial charge < -0.3 is 9.97 Å². The predicted molar refractivity (Wildman–Crippen MR) is 146 cm³/mol. The van der Waals surface area contributed by atoms with Gasteiger partial charge in [0.15, 0.2) is 0 Å². The molecule has 2 N–H and O–H groups in total. The molecule has 4 heterocycles. The molecule has 35 heavy (non-hydrogen) atoms. The Kier molecular flexibility index (Phi) is 3.84. The van der Waals surface area contributed by atoms with E-state index in [0.717, 1.165) is 65.7 Å². The molecule has 8 rings (SSSR count). The van der Waals surface area contributed by atoms with Gasteiger partial charge in [0, 0.05) is 42.4 Å². The normalized spacial score (nSPS) is 12.1. The number of hydrogen-bond acceptors (Lipinski definition) is 3. The quantitative estimate of drug-likeness (QED) is 0.270. The van der Waals surface area contributed by atoms with Crippen molar-refractivity contribution >= 4 is 77.4 Å². The van der Waals surface area contributed by atoms with Crippen molar-refractivity contribution in [2.75, 3.05) is 0 Å². The molecule has 0 spiro atoms. The van der Waals surface area contributed by atoms with Crippen molar-refractivity contribution in [2.24, 2.45) is 0 Å². The van der Waals surface area contributed by atoms with Crippen LogP contribution in [0.1, 0.15) is 0 Å². The van der Waals surface area contributed by atoms with Gasteiger partial charge in [-0.3, -0.25) is 0 Å². The molecule has 0 bridgehead atoms. The van der Waals surface area contributed by atoms with E-state index in [-0.39, 0.29) is 0 Å². The lowest BCUT2D eigenvalue weighted by Gasteiger charge is -2.11. The van der Waals surface area contributed by atoms with E-state index in [1.807, 2.05) is 0 Å². The van der Waals surface area contributed by atoms with E-state index in [4.69, 9.17) is 9.97 Å². The van der Waals surface area contributed by atoms with Crippen molar-refractivity contribution in [3.05, 3.63) is 97.1 Å². The number of pyridine rings is 2.